The Balaban J connectivity index is 3.94. The van der Waals surface area contributed by atoms with Crippen molar-refractivity contribution in [2.45, 2.75) is 58.9 Å². The molecule has 0 aliphatic rings. The lowest BCUT2D eigenvalue weighted by atomic mass is 9.97. The molecule has 0 aromatic rings. The van der Waals surface area contributed by atoms with Crippen LogP contribution in [-0.2, 0) is 9.59 Å². The van der Waals surface area contributed by atoms with Crippen LogP contribution in [0.15, 0.2) is 0 Å². The normalized spacial score (nSPS) is 11.6. The van der Waals surface area contributed by atoms with E-state index in [-0.39, 0.29) is 12.3 Å². The van der Waals surface area contributed by atoms with Crippen molar-refractivity contribution in [1.29, 1.82) is 0 Å². The van der Waals surface area contributed by atoms with Gasteiger partial charge in [0.2, 0.25) is 5.91 Å². The molecule has 0 aromatic carbocycles. The molecule has 0 bridgehead atoms. The van der Waals surface area contributed by atoms with E-state index in [1.165, 1.54) is 0 Å². The van der Waals surface area contributed by atoms with Crippen LogP contribution in [0.2, 0.25) is 0 Å². The number of hydrogen-bond acceptors (Lipinski definition) is 2. The minimum atomic E-state index is -0.829. The van der Waals surface area contributed by atoms with Crippen molar-refractivity contribution in [3.8, 4) is 0 Å². The van der Waals surface area contributed by atoms with Crippen LogP contribution in [0.4, 0.5) is 0 Å². The standard InChI is InChI=1S/C12H23NO3/c1-9(2)5-6-10(14)13-12(3,4)8-7-11(15)16/h9H,5-8H2,1-4H3,(H,13,14)(H,15,16). The first kappa shape index (κ1) is 14.9. The van der Waals surface area contributed by atoms with Crippen LogP contribution in [0.3, 0.4) is 0 Å². The van der Waals surface area contributed by atoms with E-state index in [4.69, 9.17) is 5.11 Å². The summed E-state index contributed by atoms with van der Waals surface area (Å²) in [4.78, 5) is 22.0. The third kappa shape index (κ3) is 8.26. The molecule has 0 aliphatic carbocycles. The van der Waals surface area contributed by atoms with E-state index < -0.39 is 11.5 Å². The van der Waals surface area contributed by atoms with Gasteiger partial charge < -0.3 is 10.4 Å². The molecule has 0 unspecified atom stereocenters. The van der Waals surface area contributed by atoms with Gasteiger partial charge in [0.1, 0.15) is 0 Å². The van der Waals surface area contributed by atoms with Crippen molar-refractivity contribution in [1.82, 2.24) is 5.32 Å². The SMILES string of the molecule is CC(C)CCC(=O)NC(C)(C)CCC(=O)O. The number of carboxylic acids is 1. The van der Waals surface area contributed by atoms with Gasteiger partial charge in [-0.05, 0) is 32.6 Å². The van der Waals surface area contributed by atoms with Crippen molar-refractivity contribution in [2.24, 2.45) is 5.92 Å². The summed E-state index contributed by atoms with van der Waals surface area (Å²) in [5.74, 6) is -0.318. The van der Waals surface area contributed by atoms with Gasteiger partial charge in [-0.2, -0.15) is 0 Å². The molecule has 0 aromatic heterocycles. The largest absolute Gasteiger partial charge is 0.481 e. The minimum Gasteiger partial charge on any atom is -0.481 e. The number of rotatable bonds is 7. The fraction of sp³-hybridized carbons (Fsp3) is 0.833. The smallest absolute Gasteiger partial charge is 0.303 e. The third-order valence-electron chi connectivity index (χ3n) is 2.39. The molecule has 0 heterocycles. The Hall–Kier alpha value is -1.06. The topological polar surface area (TPSA) is 66.4 Å². The van der Waals surface area contributed by atoms with Gasteiger partial charge in [0.25, 0.3) is 0 Å². The number of aliphatic carboxylic acids is 1. The number of carbonyl (C=O) groups excluding carboxylic acids is 1. The first-order valence-corrected chi connectivity index (χ1v) is 5.76. The molecule has 1 amide bonds. The average molecular weight is 229 g/mol. The van der Waals surface area contributed by atoms with Crippen molar-refractivity contribution < 1.29 is 14.7 Å². The number of nitrogens with one attached hydrogen (secondary N) is 1. The third-order valence-corrected chi connectivity index (χ3v) is 2.39. The summed E-state index contributed by atoms with van der Waals surface area (Å²) in [6.45, 7) is 7.85. The quantitative estimate of drug-likeness (QED) is 0.703. The Labute approximate surface area is 97.4 Å². The molecule has 0 radical (unpaired) electrons. The summed E-state index contributed by atoms with van der Waals surface area (Å²) >= 11 is 0. The predicted octanol–water partition coefficient (Wildman–Crippen LogP) is 2.18. The van der Waals surface area contributed by atoms with Gasteiger partial charge in [-0.1, -0.05) is 13.8 Å². The summed E-state index contributed by atoms with van der Waals surface area (Å²) in [5.41, 5.74) is -0.438. The molecule has 4 heteroatoms. The van der Waals surface area contributed by atoms with E-state index in [0.717, 1.165) is 6.42 Å². The maximum atomic E-state index is 11.5. The molecule has 0 fully saturated rings. The lowest BCUT2D eigenvalue weighted by Gasteiger charge is -2.25. The van der Waals surface area contributed by atoms with Crippen LogP contribution in [-0.4, -0.2) is 22.5 Å². The van der Waals surface area contributed by atoms with Crippen molar-refractivity contribution in [2.75, 3.05) is 0 Å². The van der Waals surface area contributed by atoms with Crippen molar-refractivity contribution >= 4 is 11.9 Å². The molecule has 0 atom stereocenters. The van der Waals surface area contributed by atoms with Crippen LogP contribution in [0, 0.1) is 5.92 Å². The van der Waals surface area contributed by atoms with Gasteiger partial charge in [-0.25, -0.2) is 0 Å². The zero-order valence-corrected chi connectivity index (χ0v) is 10.7. The summed E-state index contributed by atoms with van der Waals surface area (Å²) in [6, 6.07) is 0. The highest BCUT2D eigenvalue weighted by Crippen LogP contribution is 2.12. The van der Waals surface area contributed by atoms with Crippen LogP contribution in [0.5, 0.6) is 0 Å². The summed E-state index contributed by atoms with van der Waals surface area (Å²) in [6.07, 6.45) is 1.90. The Morgan fingerprint density at radius 1 is 1.25 bits per heavy atom. The molecular formula is C12H23NO3. The average Bonchev–Trinajstić information content (AvgIpc) is 2.11. The Morgan fingerprint density at radius 2 is 1.81 bits per heavy atom. The van der Waals surface area contributed by atoms with Crippen LogP contribution in [0.1, 0.15) is 53.4 Å². The molecule has 94 valence electrons. The zero-order chi connectivity index (χ0) is 12.8. The van der Waals surface area contributed by atoms with Gasteiger partial charge in [0, 0.05) is 18.4 Å². The zero-order valence-electron chi connectivity index (χ0n) is 10.7. The van der Waals surface area contributed by atoms with Crippen LogP contribution in [0.25, 0.3) is 0 Å². The molecule has 16 heavy (non-hydrogen) atoms. The second kappa shape index (κ2) is 6.51. The summed E-state index contributed by atoms with van der Waals surface area (Å²) in [5, 5.41) is 11.4. The Bertz CT molecular complexity index is 247. The second-order valence-electron chi connectivity index (χ2n) is 5.26. The fourth-order valence-corrected chi connectivity index (χ4v) is 1.34. The van der Waals surface area contributed by atoms with Crippen molar-refractivity contribution in [3.05, 3.63) is 0 Å². The maximum absolute atomic E-state index is 11.5. The van der Waals surface area contributed by atoms with Gasteiger partial charge >= 0.3 is 5.97 Å². The summed E-state index contributed by atoms with van der Waals surface area (Å²) in [7, 11) is 0. The van der Waals surface area contributed by atoms with E-state index >= 15 is 0 Å². The molecule has 0 aliphatic heterocycles. The second-order valence-corrected chi connectivity index (χ2v) is 5.26. The number of hydrogen-bond donors (Lipinski definition) is 2. The molecule has 4 nitrogen and oxygen atoms in total. The maximum Gasteiger partial charge on any atom is 0.303 e. The highest BCUT2D eigenvalue weighted by molar-refractivity contribution is 5.76. The van der Waals surface area contributed by atoms with E-state index in [1.807, 2.05) is 13.8 Å². The lowest BCUT2D eigenvalue weighted by Crippen LogP contribution is -2.43. The van der Waals surface area contributed by atoms with E-state index in [0.29, 0.717) is 18.8 Å². The van der Waals surface area contributed by atoms with Crippen molar-refractivity contribution in [3.63, 3.8) is 0 Å². The number of carboxylic acid groups (broad SMARTS) is 1. The predicted molar refractivity (Wildman–Crippen MR) is 63.2 cm³/mol. The Morgan fingerprint density at radius 3 is 2.25 bits per heavy atom. The van der Waals surface area contributed by atoms with Gasteiger partial charge in [0.05, 0.1) is 0 Å². The summed E-state index contributed by atoms with van der Waals surface area (Å²) < 4.78 is 0. The van der Waals surface area contributed by atoms with Crippen LogP contribution < -0.4 is 5.32 Å². The van der Waals surface area contributed by atoms with E-state index in [1.54, 1.807) is 0 Å². The van der Waals surface area contributed by atoms with Gasteiger partial charge in [-0.15, -0.1) is 0 Å². The van der Waals surface area contributed by atoms with E-state index in [9.17, 15) is 9.59 Å². The van der Waals surface area contributed by atoms with Crippen LogP contribution >= 0.6 is 0 Å². The first-order valence-electron chi connectivity index (χ1n) is 5.76. The minimum absolute atomic E-state index is 0.00379. The first-order chi connectivity index (χ1) is 7.23. The molecule has 0 spiro atoms. The fourth-order valence-electron chi connectivity index (χ4n) is 1.34. The highest BCUT2D eigenvalue weighted by atomic mass is 16.4. The van der Waals surface area contributed by atoms with Gasteiger partial charge in [0.15, 0.2) is 0 Å². The lowest BCUT2D eigenvalue weighted by molar-refractivity contribution is -0.137. The molecule has 2 N–H and O–H groups in total. The molecule has 0 saturated heterocycles. The van der Waals surface area contributed by atoms with E-state index in [2.05, 4.69) is 19.2 Å². The van der Waals surface area contributed by atoms with Gasteiger partial charge in [-0.3, -0.25) is 9.59 Å². The Kier molecular flexibility index (Phi) is 6.08. The highest BCUT2D eigenvalue weighted by Gasteiger charge is 2.21. The molecule has 0 saturated carbocycles. The number of amides is 1. The number of carbonyl (C=O) groups is 2. The monoisotopic (exact) mass is 229 g/mol. The molecular weight excluding hydrogens is 206 g/mol. The molecule has 0 rings (SSSR count).